The molecule has 0 rings (SSSR count). The maximum absolute atomic E-state index is 11.8. The van der Waals surface area contributed by atoms with Crippen molar-refractivity contribution in [3.63, 3.8) is 0 Å². The fourth-order valence-corrected chi connectivity index (χ4v) is 11.6. The number of nitrogens with one attached hydrogen (secondary N) is 2. The van der Waals surface area contributed by atoms with Gasteiger partial charge in [-0.25, -0.2) is 20.1 Å². The minimum Gasteiger partial charge on any atom is -0.393 e. The highest BCUT2D eigenvalue weighted by Gasteiger charge is 2.37. The third kappa shape index (κ3) is 46.9. The summed E-state index contributed by atoms with van der Waals surface area (Å²) < 4.78 is 55.3. The van der Waals surface area contributed by atoms with Gasteiger partial charge in [0.05, 0.1) is 63.6 Å². The predicted octanol–water partition coefficient (Wildman–Crippen LogP) is 8.81. The van der Waals surface area contributed by atoms with E-state index in [1.54, 1.807) is 89.3 Å². The summed E-state index contributed by atoms with van der Waals surface area (Å²) in [4.78, 5) is 63.5. The van der Waals surface area contributed by atoms with Crippen LogP contribution >= 0.6 is 30.5 Å². The van der Waals surface area contributed by atoms with E-state index in [1.165, 1.54) is 0 Å². The number of hydrogen-bond donors (Lipinski definition) is 16. The molecular formula is C55H116N8O18P4. The molecule has 2 amide bonds. The van der Waals surface area contributed by atoms with Crippen molar-refractivity contribution in [1.82, 2.24) is 10.7 Å². The first-order chi connectivity index (χ1) is 38.4. The van der Waals surface area contributed by atoms with Crippen molar-refractivity contribution < 1.29 is 87.1 Å². The van der Waals surface area contributed by atoms with Gasteiger partial charge >= 0.3 is 15.5 Å². The maximum atomic E-state index is 11.8. The Hall–Kier alpha value is -1.80. The first-order valence-corrected chi connectivity index (χ1v) is 36.4. The van der Waals surface area contributed by atoms with Gasteiger partial charge in [-0.15, -0.1) is 0 Å². The van der Waals surface area contributed by atoms with Crippen LogP contribution in [0, 0.1) is 28.9 Å². The van der Waals surface area contributed by atoms with Gasteiger partial charge in [0.25, 0.3) is 20.9 Å². The first-order valence-electron chi connectivity index (χ1n) is 29.7. The van der Waals surface area contributed by atoms with Crippen molar-refractivity contribution in [1.29, 1.82) is 5.26 Å². The molecule has 0 saturated carbocycles. The average molecular weight is 1300 g/mol. The number of rotatable bonds is 44. The molecular weight excluding hydrogens is 1180 g/mol. The fourth-order valence-electron chi connectivity index (χ4n) is 9.03. The molecule has 0 aliphatic heterocycles. The minimum atomic E-state index is -4.04. The molecule has 0 radical (unpaired) electrons. The summed E-state index contributed by atoms with van der Waals surface area (Å²) in [6, 6.07) is 0. The molecule has 0 saturated heterocycles. The summed E-state index contributed by atoms with van der Waals surface area (Å²) in [5, 5.41) is 69.3. The van der Waals surface area contributed by atoms with E-state index in [2.05, 4.69) is 15.7 Å². The zero-order valence-corrected chi connectivity index (χ0v) is 56.9. The van der Waals surface area contributed by atoms with Crippen molar-refractivity contribution in [2.75, 3.05) is 0 Å². The van der Waals surface area contributed by atoms with E-state index in [4.69, 9.17) is 52.7 Å². The second-order valence-corrected chi connectivity index (χ2v) is 34.2. The van der Waals surface area contributed by atoms with E-state index in [0.717, 1.165) is 0 Å². The molecule has 0 spiro atoms. The fraction of sp³-hybridized carbons (Fsp3) is 0.927. The van der Waals surface area contributed by atoms with Crippen LogP contribution < -0.4 is 32.8 Å². The van der Waals surface area contributed by atoms with Crippen LogP contribution in [0.1, 0.15) is 256 Å². The predicted molar refractivity (Wildman–Crippen MR) is 331 cm³/mol. The van der Waals surface area contributed by atoms with Gasteiger partial charge in [-0.3, -0.25) is 44.1 Å². The Morgan fingerprint density at radius 2 is 0.671 bits per heavy atom. The summed E-state index contributed by atoms with van der Waals surface area (Å²) in [7, 11) is -15.4. The Bertz CT molecular complexity index is 2030. The summed E-state index contributed by atoms with van der Waals surface area (Å²) in [5.41, 5.74) is 19.8. The molecule has 0 aromatic rings. The van der Waals surface area contributed by atoms with E-state index in [0.29, 0.717) is 173 Å². The van der Waals surface area contributed by atoms with E-state index >= 15 is 0 Å². The summed E-state index contributed by atoms with van der Waals surface area (Å²) in [6.45, 7) is 27.1. The number of aliphatic hydroxyl groups is 6. The van der Waals surface area contributed by atoms with Crippen LogP contribution in [-0.2, 0) is 36.9 Å². The van der Waals surface area contributed by atoms with Gasteiger partial charge in [0, 0.05) is 5.41 Å². The molecule has 0 aromatic carbocycles. The zero-order chi connectivity index (χ0) is 67.0. The lowest BCUT2D eigenvalue weighted by atomic mass is 9.85. The van der Waals surface area contributed by atoms with Gasteiger partial charge in [-0.1, -0.05) is 33.1 Å². The Labute approximate surface area is 508 Å². The van der Waals surface area contributed by atoms with Crippen LogP contribution in [0.25, 0.3) is 4.95 Å². The van der Waals surface area contributed by atoms with Gasteiger partial charge in [0.2, 0.25) is 5.91 Å². The lowest BCUT2D eigenvalue weighted by molar-refractivity contribution is -0.129. The summed E-state index contributed by atoms with van der Waals surface area (Å²) >= 11 is 0. The third-order valence-electron chi connectivity index (χ3n) is 15.2. The van der Waals surface area contributed by atoms with Gasteiger partial charge in [-0.2, -0.15) is 16.8 Å². The normalized spacial score (nSPS) is 17.6. The molecule has 0 fully saturated rings. The number of carbonyl (C=O) groups excluding carboxylic acids is 2. The Morgan fingerprint density at radius 1 is 0.447 bits per heavy atom. The van der Waals surface area contributed by atoms with E-state index in [1.807, 2.05) is 0 Å². The molecule has 85 heavy (non-hydrogen) atoms. The van der Waals surface area contributed by atoms with Crippen LogP contribution in [0.3, 0.4) is 0 Å². The molecule has 0 aliphatic carbocycles. The molecule has 10 unspecified atom stereocenters. The van der Waals surface area contributed by atoms with Crippen LogP contribution in [0.2, 0.25) is 0 Å². The van der Waals surface area contributed by atoms with Crippen LogP contribution in [-0.4, -0.2) is 120 Å². The molecule has 30 heteroatoms. The van der Waals surface area contributed by atoms with Gasteiger partial charge in [0.15, 0.2) is 6.19 Å². The van der Waals surface area contributed by atoms with Crippen molar-refractivity contribution in [3.05, 3.63) is 11.5 Å². The highest BCUT2D eigenvalue weighted by Crippen LogP contribution is 2.50. The standard InChI is InChI=1S/C21H36N4O4.C17H40N2O8P2.C17H40N2O6P2/c1-20(2,18(28)24-15-22)13-7-11-16(26)9-6-10-17(27)12-8-14-21(3,4)19(29)25-23-5;1-16(2,26-28(18,22)23)12-6-10-14(20)8-5-9-15(21)11-7-13-17(3,4)27-29(19,24)25;1-16(2,26(18,22)23)12-6-10-14(20)8-5-9-15(21)11-7-13-17(3,4)27(19,24)25/h16-17,26-27H,6-14H2,1-4H3,(H,24,28)(H,25,29);14-15,20-21H,5-13H2,1-4H3,(H3,18,22,23)(H3,19,24,25);14-15,20-21H,5-13H2,1-4H3,(H3,18,22,23)(H3,19,24,25). The second kappa shape index (κ2) is 40.8. The van der Waals surface area contributed by atoms with Crippen LogP contribution in [0.5, 0.6) is 0 Å². The highest BCUT2D eigenvalue weighted by molar-refractivity contribution is 7.57. The Balaban J connectivity index is -0.00000119. The molecule has 10 atom stereocenters. The number of amides is 2. The maximum Gasteiger partial charge on any atom is 0.400 e. The van der Waals surface area contributed by atoms with Crippen LogP contribution in [0.15, 0.2) is 0 Å². The topological polar surface area (TPSA) is 479 Å². The summed E-state index contributed by atoms with van der Waals surface area (Å²) in [5.74, 6) is -0.620. The minimum absolute atomic E-state index is 0.307. The van der Waals surface area contributed by atoms with E-state index < -0.39 is 99.5 Å². The number of nitriles is 1. The van der Waals surface area contributed by atoms with Gasteiger partial charge in [-0.05, 0) is 229 Å². The van der Waals surface area contributed by atoms with E-state index in [9.17, 15) is 68.3 Å². The smallest absolute Gasteiger partial charge is 0.393 e. The third-order valence-corrected chi connectivity index (χ3v) is 20.7. The van der Waals surface area contributed by atoms with Gasteiger partial charge in [0.1, 0.15) is 0 Å². The van der Waals surface area contributed by atoms with E-state index in [-0.39, 0.29) is 11.8 Å². The molecule has 26 nitrogen and oxygen atoms in total. The second-order valence-electron chi connectivity index (χ2n) is 26.7. The SMILES string of the molecule is CC(C)(CCCC(O)CCCC(O)CCCC(C)(C)OP(N)(=O)O)OP(N)(=O)O.CC(C)(CCCC(O)CCCC(O)CCCC(C)(C)P(N)(=O)O)P(N)(=O)O.[C-]#[N+]NC(=O)C(C)(C)CCCC(O)CCCC(O)CCCC(C)(C)C(=O)NC#N. The molecule has 0 heterocycles. The largest absolute Gasteiger partial charge is 0.400 e. The van der Waals surface area contributed by atoms with Gasteiger partial charge < -0.3 is 50.2 Å². The van der Waals surface area contributed by atoms with Crippen molar-refractivity contribution >= 4 is 42.3 Å². The highest BCUT2D eigenvalue weighted by atomic mass is 31.2. The van der Waals surface area contributed by atoms with Crippen molar-refractivity contribution in [3.8, 4) is 6.19 Å². The quantitative estimate of drug-likeness (QED) is 0.00890. The van der Waals surface area contributed by atoms with Crippen molar-refractivity contribution in [2.24, 2.45) is 32.8 Å². The number of nitrogens with zero attached hydrogens (tertiary/aromatic N) is 2. The average Bonchev–Trinajstić information content (AvgIpc) is 3.51. The molecule has 0 bridgehead atoms. The lowest BCUT2D eigenvalue weighted by Gasteiger charge is -2.27. The van der Waals surface area contributed by atoms with Crippen LogP contribution in [0.4, 0.5) is 0 Å². The Kier molecular flexibility index (Phi) is 42.0. The molecule has 0 aliphatic rings. The summed E-state index contributed by atoms with van der Waals surface area (Å²) in [6.07, 6.45) is 14.1. The molecule has 0 aromatic heterocycles. The number of nitrogens with two attached hydrogens (primary N) is 4. The first kappa shape index (κ1) is 87.4. The Morgan fingerprint density at radius 3 is 0.894 bits per heavy atom. The number of aliphatic hydroxyl groups excluding tert-OH is 6. The molecule has 504 valence electrons. The number of carbonyl (C=O) groups is 2. The number of hydrogen-bond acceptors (Lipinski definition) is 15. The molecule has 20 N–H and O–H groups in total. The zero-order valence-electron chi connectivity index (χ0n) is 53.3. The van der Waals surface area contributed by atoms with Crippen molar-refractivity contribution in [2.45, 2.75) is 315 Å². The lowest BCUT2D eigenvalue weighted by Crippen LogP contribution is -2.34. The monoisotopic (exact) mass is 1300 g/mol.